The Morgan fingerprint density at radius 1 is 0.363 bits per heavy atom. The van der Waals surface area contributed by atoms with Crippen LogP contribution < -0.4 is 97.0 Å². The fourth-order valence-corrected chi connectivity index (χ4v) is 12.7. The average Bonchev–Trinajstić information content (AvgIpc) is 0.774. The van der Waals surface area contributed by atoms with E-state index in [1.807, 2.05) is 60.7 Å². The minimum absolute atomic E-state index is 0. The van der Waals surface area contributed by atoms with E-state index < -0.39 is 110 Å². The van der Waals surface area contributed by atoms with Crippen molar-refractivity contribution < 1.29 is 166 Å². The first-order valence-electron chi connectivity index (χ1n) is 32.4. The first-order chi connectivity index (χ1) is 53.1. The van der Waals surface area contributed by atoms with Crippen LogP contribution >= 0.6 is 0 Å². The minimum atomic E-state index is -5.13. The van der Waals surface area contributed by atoms with Crippen molar-refractivity contribution in [3.63, 3.8) is 0 Å². The van der Waals surface area contributed by atoms with E-state index in [0.717, 1.165) is 65.1 Å². The molecular formula is C83H53F8NNa2O16S3. The van der Waals surface area contributed by atoms with Crippen LogP contribution in [-0.4, -0.2) is 48.2 Å². The molecule has 0 aliphatic heterocycles. The Morgan fingerprint density at radius 3 is 0.912 bits per heavy atom. The third-order valence-corrected chi connectivity index (χ3v) is 19.1. The standard InChI is InChI=1S/C45H25F8NO4.C38H29O9S2.2Na.O3S/c1-23-36(46)40(50)44(41(51)37(23)47)57-31-18-10-27(11-19-31)25-6-14-29(15-7-25)55-34-4-3-5-35(33(34)22-54)56-30-16-8-26(9-17-30)28-12-20-32(21-13-28)58-45-42(52)38(48)24(2)39(49)43(45)53;1-44-30-11-3-26(4-12-30)28-7-15-32(16-8-28)46-33-19-21-35(22-20-33)48(39,40)36-23-24-37(38(25-36)49(41,42)43)47-34-17-9-29(10-18-34)27-5-13-31(45-2)14-6-27;;;1-4(2)3/h3-21H,1-2H3;3-19,21-25H,1-2H3,(H,41,42,43);;;/q;-1;2*+1;/p-1. The van der Waals surface area contributed by atoms with E-state index in [9.17, 15) is 61.8 Å². The summed E-state index contributed by atoms with van der Waals surface area (Å²) in [5.41, 5.74) is 5.07. The summed E-state index contributed by atoms with van der Waals surface area (Å²) in [5.74, 6) is -11.8. The van der Waals surface area contributed by atoms with Gasteiger partial charge in [0.1, 0.15) is 85.0 Å². The summed E-state index contributed by atoms with van der Waals surface area (Å²) in [6, 6.07) is 71.5. The summed E-state index contributed by atoms with van der Waals surface area (Å²) in [6.07, 6.45) is 0. The summed E-state index contributed by atoms with van der Waals surface area (Å²) >= 11 is 0. The quantitative estimate of drug-likeness (QED) is 0.0213. The van der Waals surface area contributed by atoms with Gasteiger partial charge in [-0.15, -0.1) is 24.8 Å². The van der Waals surface area contributed by atoms with E-state index in [1.165, 1.54) is 48.5 Å². The van der Waals surface area contributed by atoms with Gasteiger partial charge < -0.3 is 42.4 Å². The zero-order chi connectivity index (χ0) is 79.4. The molecule has 0 aromatic heterocycles. The Bertz CT molecular complexity index is 5770. The fourth-order valence-electron chi connectivity index (χ4n) is 10.7. The van der Waals surface area contributed by atoms with Crippen LogP contribution in [0.15, 0.2) is 263 Å². The molecule has 113 heavy (non-hydrogen) atoms. The SMILES string of the molecule is COc1ccc(-c2ccc(Oc3[c-]cc(S(=O)(=O)c4ccc(Oc5ccc(-c6ccc(OC)cc6)cc5)c(S(=O)(=O)[O-])c4)cc3)cc2)cc1.Cc1c(F)c(F)c(Oc2ccc(-c3ccc(Oc4cccc(Oc5ccc(-c6ccc(Oc7c(F)c(F)c(C)c(F)c7F)cc6)cc5)c4C#N)cc3)cc2)c(F)c1F.O=S(=O)=O.[Na+].[Na+]. The molecule has 13 rings (SSSR count). The van der Waals surface area contributed by atoms with Crippen molar-refractivity contribution in [2.75, 3.05) is 14.2 Å². The molecule has 0 aliphatic carbocycles. The molecule has 0 atom stereocenters. The summed E-state index contributed by atoms with van der Waals surface area (Å²) < 4.78 is 246. The van der Waals surface area contributed by atoms with Crippen molar-refractivity contribution in [2.45, 2.75) is 28.5 Å². The van der Waals surface area contributed by atoms with Crippen LogP contribution in [0, 0.1) is 77.8 Å². The molecule has 0 fully saturated rings. The molecule has 0 radical (unpaired) electrons. The van der Waals surface area contributed by atoms with Gasteiger partial charge in [-0.05, 0) is 191 Å². The van der Waals surface area contributed by atoms with Gasteiger partial charge in [0.05, 0.1) is 24.0 Å². The Morgan fingerprint density at radius 2 is 0.637 bits per heavy atom. The molecule has 0 saturated carbocycles. The molecule has 17 nitrogen and oxygen atoms in total. The van der Waals surface area contributed by atoms with Crippen LogP contribution in [0.2, 0.25) is 0 Å². The molecule has 0 amide bonds. The normalized spacial score (nSPS) is 10.8. The summed E-state index contributed by atoms with van der Waals surface area (Å²) in [7, 11) is -9.30. The third kappa shape index (κ3) is 20.7. The maximum atomic E-state index is 14.3. The van der Waals surface area contributed by atoms with Gasteiger partial charge in [0.2, 0.25) is 34.8 Å². The monoisotopic (exact) mass is 1610 g/mol. The van der Waals surface area contributed by atoms with E-state index in [-0.39, 0.29) is 110 Å². The van der Waals surface area contributed by atoms with Crippen molar-refractivity contribution >= 4 is 30.6 Å². The third-order valence-electron chi connectivity index (χ3n) is 16.5. The first-order valence-corrected chi connectivity index (χ1v) is 36.3. The smallest absolute Gasteiger partial charge is 0.744 e. The summed E-state index contributed by atoms with van der Waals surface area (Å²) in [4.78, 5) is -1.39. The second-order valence-electron chi connectivity index (χ2n) is 23.5. The predicted octanol–water partition coefficient (Wildman–Crippen LogP) is 15.0. The van der Waals surface area contributed by atoms with Crippen molar-refractivity contribution in [3.8, 4) is 131 Å². The second kappa shape index (κ2) is 37.8. The summed E-state index contributed by atoms with van der Waals surface area (Å²) in [5, 5.41) is 10.0. The van der Waals surface area contributed by atoms with Crippen LogP contribution in [-0.2, 0) is 30.6 Å². The molecule has 0 saturated heterocycles. The number of halogens is 8. The molecule has 0 heterocycles. The Hall–Kier alpha value is -11.3. The van der Waals surface area contributed by atoms with Gasteiger partial charge in [-0.3, -0.25) is 0 Å². The Balaban J connectivity index is 0.000000246. The number of sulfone groups is 1. The van der Waals surface area contributed by atoms with Crippen molar-refractivity contribution in [2.24, 2.45) is 0 Å². The maximum absolute atomic E-state index is 14.3. The number of rotatable bonds is 21. The molecule has 0 N–H and O–H groups in total. The number of nitrogens with zero attached hydrogens (tertiary/aromatic N) is 1. The zero-order valence-corrected chi connectivity index (χ0v) is 66.3. The Kier molecular flexibility index (Phi) is 28.7. The molecule has 0 aliphatic rings. The second-order valence-corrected chi connectivity index (χ2v) is 27.2. The number of ether oxygens (including phenoxy) is 8. The van der Waals surface area contributed by atoms with Crippen LogP contribution in [0.5, 0.6) is 80.5 Å². The summed E-state index contributed by atoms with van der Waals surface area (Å²) in [6.45, 7) is 1.83. The van der Waals surface area contributed by atoms with E-state index in [4.69, 9.17) is 50.5 Å². The largest absolute Gasteiger partial charge is 1.00 e. The average molecular weight is 1610 g/mol. The zero-order valence-electron chi connectivity index (χ0n) is 59.9. The number of hydrogen-bond donors (Lipinski definition) is 0. The molecule has 13 aromatic rings. The van der Waals surface area contributed by atoms with Gasteiger partial charge in [-0.2, -0.15) is 35.0 Å². The van der Waals surface area contributed by atoms with E-state index in [0.29, 0.717) is 34.1 Å². The fraction of sp³-hybridized carbons (Fsp3) is 0.0482. The van der Waals surface area contributed by atoms with E-state index in [2.05, 4.69) is 12.1 Å². The first kappa shape index (κ1) is 85.7. The maximum Gasteiger partial charge on any atom is 1.00 e. The topological polar surface area (TPSA) is 240 Å². The van der Waals surface area contributed by atoms with Gasteiger partial charge in [-0.25, -0.2) is 34.4 Å². The molecule has 30 heteroatoms. The van der Waals surface area contributed by atoms with Crippen LogP contribution in [0.1, 0.15) is 16.7 Å². The molecule has 562 valence electrons. The van der Waals surface area contributed by atoms with Crippen molar-refractivity contribution in [3.05, 3.63) is 318 Å². The van der Waals surface area contributed by atoms with E-state index >= 15 is 0 Å². The van der Waals surface area contributed by atoms with Gasteiger partial charge >= 0.3 is 69.7 Å². The van der Waals surface area contributed by atoms with Gasteiger partial charge in [-0.1, -0.05) is 103 Å². The molecular weight excluding hydrogens is 1560 g/mol. The van der Waals surface area contributed by atoms with Crippen LogP contribution in [0.3, 0.4) is 0 Å². The van der Waals surface area contributed by atoms with Gasteiger partial charge in [0, 0.05) is 16.9 Å². The molecule has 0 unspecified atom stereocenters. The number of nitriles is 1. The van der Waals surface area contributed by atoms with Crippen molar-refractivity contribution in [1.29, 1.82) is 5.26 Å². The van der Waals surface area contributed by atoms with Crippen molar-refractivity contribution in [1.82, 2.24) is 0 Å². The van der Waals surface area contributed by atoms with E-state index in [1.54, 1.807) is 142 Å². The van der Waals surface area contributed by atoms with Crippen LogP contribution in [0.4, 0.5) is 35.1 Å². The molecule has 0 spiro atoms. The minimum Gasteiger partial charge on any atom is -0.744 e. The molecule has 0 bridgehead atoms. The van der Waals surface area contributed by atoms with Crippen LogP contribution in [0.25, 0.3) is 44.5 Å². The molecule has 13 aromatic carbocycles. The number of benzene rings is 13. The predicted molar refractivity (Wildman–Crippen MR) is 389 cm³/mol. The Labute approximate surface area is 688 Å². The number of methoxy groups -OCH3 is 2. The van der Waals surface area contributed by atoms with Gasteiger partial charge in [0.25, 0.3) is 0 Å². The van der Waals surface area contributed by atoms with Gasteiger partial charge in [0.15, 0.2) is 33.1 Å². The number of hydrogen-bond acceptors (Lipinski definition) is 17.